The standard InChI is InChI=1S/C11H22N2O2/c1-4-11(2)5-6-13(8-11)10(14)9(12)7-15-3/h9H,4-8,12H2,1-3H3. The van der Waals surface area contributed by atoms with Gasteiger partial charge in [0.1, 0.15) is 6.04 Å². The first-order valence-corrected chi connectivity index (χ1v) is 5.56. The lowest BCUT2D eigenvalue weighted by Crippen LogP contribution is -2.45. The van der Waals surface area contributed by atoms with Gasteiger partial charge in [0.2, 0.25) is 5.91 Å². The molecule has 0 spiro atoms. The number of hydrogen-bond donors (Lipinski definition) is 1. The summed E-state index contributed by atoms with van der Waals surface area (Å²) in [4.78, 5) is 13.7. The summed E-state index contributed by atoms with van der Waals surface area (Å²) in [6.45, 7) is 6.36. The van der Waals surface area contributed by atoms with Crippen LogP contribution >= 0.6 is 0 Å². The number of nitrogens with zero attached hydrogens (tertiary/aromatic N) is 1. The number of hydrogen-bond acceptors (Lipinski definition) is 3. The molecule has 1 amide bonds. The van der Waals surface area contributed by atoms with Gasteiger partial charge in [0.05, 0.1) is 6.61 Å². The molecule has 0 aromatic carbocycles. The summed E-state index contributed by atoms with van der Waals surface area (Å²) >= 11 is 0. The van der Waals surface area contributed by atoms with Gasteiger partial charge in [-0.2, -0.15) is 0 Å². The van der Waals surface area contributed by atoms with E-state index in [0.717, 1.165) is 25.9 Å². The Morgan fingerprint density at radius 3 is 2.80 bits per heavy atom. The van der Waals surface area contributed by atoms with E-state index in [1.165, 1.54) is 0 Å². The van der Waals surface area contributed by atoms with Gasteiger partial charge in [0, 0.05) is 20.2 Å². The summed E-state index contributed by atoms with van der Waals surface area (Å²) in [6.07, 6.45) is 2.19. The smallest absolute Gasteiger partial charge is 0.241 e. The lowest BCUT2D eigenvalue weighted by Gasteiger charge is -2.24. The van der Waals surface area contributed by atoms with Gasteiger partial charge >= 0.3 is 0 Å². The molecule has 2 unspecified atom stereocenters. The van der Waals surface area contributed by atoms with Gasteiger partial charge in [-0.25, -0.2) is 0 Å². The molecule has 1 aliphatic rings. The maximum absolute atomic E-state index is 11.9. The van der Waals surface area contributed by atoms with Crippen LogP contribution in [0.25, 0.3) is 0 Å². The van der Waals surface area contributed by atoms with E-state index in [9.17, 15) is 4.79 Å². The second-order valence-corrected chi connectivity index (χ2v) is 4.74. The Balaban J connectivity index is 2.50. The van der Waals surface area contributed by atoms with Crippen LogP contribution in [0.2, 0.25) is 0 Å². The first-order valence-electron chi connectivity index (χ1n) is 5.56. The van der Waals surface area contributed by atoms with Crippen LogP contribution in [0.4, 0.5) is 0 Å². The first-order chi connectivity index (χ1) is 7.02. The van der Waals surface area contributed by atoms with Crippen molar-refractivity contribution in [3.05, 3.63) is 0 Å². The second-order valence-electron chi connectivity index (χ2n) is 4.74. The average molecular weight is 214 g/mol. The molecule has 0 aromatic rings. The van der Waals surface area contributed by atoms with E-state index < -0.39 is 6.04 Å². The monoisotopic (exact) mass is 214 g/mol. The lowest BCUT2D eigenvalue weighted by molar-refractivity contribution is -0.133. The molecule has 15 heavy (non-hydrogen) atoms. The predicted octanol–water partition coefficient (Wildman–Crippen LogP) is 0.609. The molecular formula is C11H22N2O2. The Bertz CT molecular complexity index is 233. The Kier molecular flexibility index (Phi) is 4.11. The van der Waals surface area contributed by atoms with E-state index in [1.54, 1.807) is 7.11 Å². The van der Waals surface area contributed by atoms with Crippen molar-refractivity contribution in [2.75, 3.05) is 26.8 Å². The van der Waals surface area contributed by atoms with Crippen molar-refractivity contribution in [2.24, 2.45) is 11.1 Å². The van der Waals surface area contributed by atoms with Crippen LogP contribution in [0.1, 0.15) is 26.7 Å². The first kappa shape index (κ1) is 12.5. The van der Waals surface area contributed by atoms with Crippen LogP contribution in [0.15, 0.2) is 0 Å². The number of rotatable bonds is 4. The van der Waals surface area contributed by atoms with E-state index in [1.807, 2.05) is 4.90 Å². The molecule has 88 valence electrons. The molecule has 0 saturated carbocycles. The maximum atomic E-state index is 11.9. The third-order valence-electron chi connectivity index (χ3n) is 3.39. The molecule has 0 aromatic heterocycles. The van der Waals surface area contributed by atoms with E-state index in [0.29, 0.717) is 6.61 Å². The zero-order valence-corrected chi connectivity index (χ0v) is 9.95. The van der Waals surface area contributed by atoms with Gasteiger partial charge in [-0.3, -0.25) is 4.79 Å². The van der Waals surface area contributed by atoms with Crippen LogP contribution < -0.4 is 5.73 Å². The zero-order valence-electron chi connectivity index (χ0n) is 9.95. The Hall–Kier alpha value is -0.610. The molecule has 0 aliphatic carbocycles. The van der Waals surface area contributed by atoms with Gasteiger partial charge in [0.25, 0.3) is 0 Å². The molecule has 0 radical (unpaired) electrons. The fourth-order valence-corrected chi connectivity index (χ4v) is 1.99. The highest BCUT2D eigenvalue weighted by Gasteiger charge is 2.35. The minimum absolute atomic E-state index is 0.0222. The molecule has 2 atom stereocenters. The average Bonchev–Trinajstić information content (AvgIpc) is 2.61. The van der Waals surface area contributed by atoms with Crippen molar-refractivity contribution >= 4 is 5.91 Å². The molecular weight excluding hydrogens is 192 g/mol. The van der Waals surface area contributed by atoms with Crippen molar-refractivity contribution in [1.82, 2.24) is 4.90 Å². The SMILES string of the molecule is CCC1(C)CCN(C(=O)C(N)COC)C1. The molecule has 1 aliphatic heterocycles. The summed E-state index contributed by atoms with van der Waals surface area (Å²) in [6, 6.07) is -0.505. The Morgan fingerprint density at radius 1 is 1.67 bits per heavy atom. The zero-order chi connectivity index (χ0) is 11.5. The van der Waals surface area contributed by atoms with Crippen molar-refractivity contribution < 1.29 is 9.53 Å². The largest absolute Gasteiger partial charge is 0.383 e. The van der Waals surface area contributed by atoms with E-state index in [-0.39, 0.29) is 11.3 Å². The summed E-state index contributed by atoms with van der Waals surface area (Å²) in [5, 5.41) is 0. The Labute approximate surface area is 91.8 Å². The maximum Gasteiger partial charge on any atom is 0.241 e. The molecule has 2 N–H and O–H groups in total. The number of likely N-dealkylation sites (tertiary alicyclic amines) is 1. The Morgan fingerprint density at radius 2 is 2.33 bits per heavy atom. The number of carbonyl (C=O) groups excluding carboxylic acids is 1. The van der Waals surface area contributed by atoms with Gasteiger partial charge in [-0.05, 0) is 18.3 Å². The highest BCUT2D eigenvalue weighted by atomic mass is 16.5. The van der Waals surface area contributed by atoms with Gasteiger partial charge in [-0.1, -0.05) is 13.8 Å². The third kappa shape index (κ3) is 2.92. The van der Waals surface area contributed by atoms with Crippen LogP contribution in [0.3, 0.4) is 0 Å². The number of nitrogens with two attached hydrogens (primary N) is 1. The van der Waals surface area contributed by atoms with E-state index >= 15 is 0 Å². The molecule has 4 nitrogen and oxygen atoms in total. The van der Waals surface area contributed by atoms with Gasteiger partial charge in [-0.15, -0.1) is 0 Å². The highest BCUT2D eigenvalue weighted by molar-refractivity contribution is 5.82. The minimum atomic E-state index is -0.505. The second kappa shape index (κ2) is 4.94. The van der Waals surface area contributed by atoms with Gasteiger partial charge in [0.15, 0.2) is 0 Å². The normalized spacial score (nSPS) is 28.1. The molecule has 4 heteroatoms. The third-order valence-corrected chi connectivity index (χ3v) is 3.39. The topological polar surface area (TPSA) is 55.6 Å². The van der Waals surface area contributed by atoms with Crippen molar-refractivity contribution in [2.45, 2.75) is 32.7 Å². The van der Waals surface area contributed by atoms with E-state index in [2.05, 4.69) is 13.8 Å². The van der Waals surface area contributed by atoms with Crippen LogP contribution in [0, 0.1) is 5.41 Å². The van der Waals surface area contributed by atoms with Gasteiger partial charge < -0.3 is 15.4 Å². The fraction of sp³-hybridized carbons (Fsp3) is 0.909. The summed E-state index contributed by atoms with van der Waals surface area (Å²) in [5.41, 5.74) is 6.00. The fourth-order valence-electron chi connectivity index (χ4n) is 1.99. The van der Waals surface area contributed by atoms with Crippen LogP contribution in [-0.2, 0) is 9.53 Å². The number of amides is 1. The van der Waals surface area contributed by atoms with Crippen LogP contribution in [-0.4, -0.2) is 43.7 Å². The summed E-state index contributed by atoms with van der Waals surface area (Å²) in [5.74, 6) is 0.0222. The van der Waals surface area contributed by atoms with E-state index in [4.69, 9.17) is 10.5 Å². The minimum Gasteiger partial charge on any atom is -0.383 e. The highest BCUT2D eigenvalue weighted by Crippen LogP contribution is 2.33. The summed E-state index contributed by atoms with van der Waals surface area (Å²) in [7, 11) is 1.56. The molecule has 1 rings (SSSR count). The molecule has 0 bridgehead atoms. The van der Waals surface area contributed by atoms with Crippen molar-refractivity contribution in [1.29, 1.82) is 0 Å². The number of methoxy groups -OCH3 is 1. The lowest BCUT2D eigenvalue weighted by atomic mass is 9.87. The van der Waals surface area contributed by atoms with Crippen molar-refractivity contribution in [3.8, 4) is 0 Å². The molecule has 1 saturated heterocycles. The predicted molar refractivity (Wildman–Crippen MR) is 59.4 cm³/mol. The number of carbonyl (C=O) groups is 1. The quantitative estimate of drug-likeness (QED) is 0.746. The summed E-state index contributed by atoms with van der Waals surface area (Å²) < 4.78 is 4.89. The number of ether oxygens (including phenoxy) is 1. The van der Waals surface area contributed by atoms with Crippen molar-refractivity contribution in [3.63, 3.8) is 0 Å². The van der Waals surface area contributed by atoms with Crippen LogP contribution in [0.5, 0.6) is 0 Å². The molecule has 1 heterocycles. The molecule has 1 fully saturated rings.